The molecule has 1 aliphatic rings. The van der Waals surface area contributed by atoms with E-state index in [1.807, 2.05) is 31.1 Å². The van der Waals surface area contributed by atoms with Gasteiger partial charge in [-0.25, -0.2) is 0 Å². The number of carbonyl (C=O) groups excluding carboxylic acids is 2. The molecular formula is C25H24N2O5S. The van der Waals surface area contributed by atoms with Gasteiger partial charge in [0.25, 0.3) is 5.91 Å². The Morgan fingerprint density at radius 2 is 1.85 bits per heavy atom. The van der Waals surface area contributed by atoms with E-state index < -0.39 is 23.5 Å². The largest absolute Gasteiger partial charge is 0.504 e. The van der Waals surface area contributed by atoms with Gasteiger partial charge in [-0.2, -0.15) is 0 Å². The lowest BCUT2D eigenvalue weighted by Crippen LogP contribution is -2.31. The number of nitrogens with zero attached hydrogens (tertiary/aromatic N) is 2. The number of rotatable bonds is 7. The van der Waals surface area contributed by atoms with Gasteiger partial charge in [0.05, 0.1) is 23.1 Å². The maximum absolute atomic E-state index is 13.4. The SMILES string of the molecule is CCOc1cc(C2C(C(=O)c3cccs3)=C(O)C(=O)N2c2ccc(N(C)C)cc2)ccc1O. The molecular weight excluding hydrogens is 440 g/mol. The molecule has 0 saturated carbocycles. The number of phenolic OH excluding ortho intramolecular Hbond substituents is 1. The highest BCUT2D eigenvalue weighted by atomic mass is 32.1. The Labute approximate surface area is 195 Å². The average molecular weight is 465 g/mol. The van der Waals surface area contributed by atoms with Crippen molar-refractivity contribution in [1.82, 2.24) is 0 Å². The maximum Gasteiger partial charge on any atom is 0.294 e. The Hall–Kier alpha value is -3.78. The van der Waals surface area contributed by atoms with Crippen LogP contribution in [0.15, 0.2) is 71.3 Å². The van der Waals surface area contributed by atoms with E-state index in [0.29, 0.717) is 22.7 Å². The fraction of sp³-hybridized carbons (Fsp3) is 0.200. The van der Waals surface area contributed by atoms with Gasteiger partial charge in [0, 0.05) is 25.5 Å². The first kappa shape index (κ1) is 22.4. The minimum absolute atomic E-state index is 0.00715. The lowest BCUT2D eigenvalue weighted by molar-refractivity contribution is -0.117. The van der Waals surface area contributed by atoms with Gasteiger partial charge in [0.15, 0.2) is 17.3 Å². The van der Waals surface area contributed by atoms with Crippen LogP contribution in [0.25, 0.3) is 0 Å². The highest BCUT2D eigenvalue weighted by Crippen LogP contribution is 2.44. The number of amides is 1. The minimum atomic E-state index is -0.892. The Morgan fingerprint density at radius 1 is 1.12 bits per heavy atom. The van der Waals surface area contributed by atoms with Crippen molar-refractivity contribution in [2.24, 2.45) is 0 Å². The van der Waals surface area contributed by atoms with E-state index in [4.69, 9.17) is 4.74 Å². The normalized spacial score (nSPS) is 15.8. The second kappa shape index (κ2) is 8.99. The predicted molar refractivity (Wildman–Crippen MR) is 129 cm³/mol. The summed E-state index contributed by atoms with van der Waals surface area (Å²) in [5, 5.41) is 22.8. The van der Waals surface area contributed by atoms with Crippen molar-refractivity contribution in [3.8, 4) is 11.5 Å². The fourth-order valence-electron chi connectivity index (χ4n) is 3.84. The summed E-state index contributed by atoms with van der Waals surface area (Å²) in [7, 11) is 3.82. The molecule has 1 aromatic heterocycles. The molecule has 2 N–H and O–H groups in total. The van der Waals surface area contributed by atoms with Crippen LogP contribution in [-0.2, 0) is 4.79 Å². The number of aromatic hydroxyl groups is 1. The molecule has 3 aromatic rings. The van der Waals surface area contributed by atoms with E-state index in [2.05, 4.69) is 0 Å². The number of anilines is 2. The van der Waals surface area contributed by atoms with Crippen LogP contribution in [0.5, 0.6) is 11.5 Å². The van der Waals surface area contributed by atoms with Crippen LogP contribution in [0.2, 0.25) is 0 Å². The second-order valence-electron chi connectivity index (χ2n) is 7.72. The van der Waals surface area contributed by atoms with Gasteiger partial charge in [0.2, 0.25) is 5.78 Å². The summed E-state index contributed by atoms with van der Waals surface area (Å²) in [4.78, 5) is 30.4. The molecule has 8 heteroatoms. The van der Waals surface area contributed by atoms with Crippen LogP contribution in [0.1, 0.15) is 28.2 Å². The Morgan fingerprint density at radius 3 is 2.45 bits per heavy atom. The number of phenols is 1. The predicted octanol–water partition coefficient (Wildman–Crippen LogP) is 4.70. The molecule has 1 amide bonds. The molecule has 0 fully saturated rings. The summed E-state index contributed by atoms with van der Waals surface area (Å²) in [6, 6.07) is 14.5. The third kappa shape index (κ3) is 4.05. The zero-order valence-corrected chi connectivity index (χ0v) is 19.3. The molecule has 2 heterocycles. The quantitative estimate of drug-likeness (QED) is 0.493. The van der Waals surface area contributed by atoms with Crippen LogP contribution in [0, 0.1) is 0 Å². The fourth-order valence-corrected chi connectivity index (χ4v) is 4.52. The molecule has 2 aromatic carbocycles. The van der Waals surface area contributed by atoms with Crippen LogP contribution < -0.4 is 14.5 Å². The van der Waals surface area contributed by atoms with Gasteiger partial charge in [-0.3, -0.25) is 14.5 Å². The smallest absolute Gasteiger partial charge is 0.294 e. The van der Waals surface area contributed by atoms with Crippen molar-refractivity contribution in [2.45, 2.75) is 13.0 Å². The molecule has 0 saturated heterocycles. The zero-order chi connectivity index (χ0) is 23.7. The number of ether oxygens (including phenoxy) is 1. The summed E-state index contributed by atoms with van der Waals surface area (Å²) >= 11 is 1.24. The summed E-state index contributed by atoms with van der Waals surface area (Å²) in [6.45, 7) is 2.12. The number of ketones is 1. The topological polar surface area (TPSA) is 90.3 Å². The highest BCUT2D eigenvalue weighted by Gasteiger charge is 2.45. The number of carbonyl (C=O) groups is 2. The van der Waals surface area contributed by atoms with Gasteiger partial charge in [-0.05, 0) is 60.3 Å². The Kier molecular flexibility index (Phi) is 6.11. The molecule has 0 radical (unpaired) electrons. The molecule has 0 spiro atoms. The zero-order valence-electron chi connectivity index (χ0n) is 18.5. The summed E-state index contributed by atoms with van der Waals surface area (Å²) < 4.78 is 5.52. The lowest BCUT2D eigenvalue weighted by Gasteiger charge is -2.27. The molecule has 170 valence electrons. The summed E-state index contributed by atoms with van der Waals surface area (Å²) in [5.41, 5.74) is 2.00. The highest BCUT2D eigenvalue weighted by molar-refractivity contribution is 7.12. The number of hydrogen-bond acceptors (Lipinski definition) is 7. The van der Waals surface area contributed by atoms with Crippen molar-refractivity contribution in [3.05, 3.63) is 81.8 Å². The lowest BCUT2D eigenvalue weighted by atomic mass is 9.94. The van der Waals surface area contributed by atoms with Crippen LogP contribution in [-0.4, -0.2) is 42.6 Å². The summed E-state index contributed by atoms with van der Waals surface area (Å²) in [5.74, 6) is -1.48. The standard InChI is InChI=1S/C25H24N2O5S/c1-4-32-19-14-15(7-12-18(19)28)22-21(23(29)20-6-5-13-33-20)24(30)25(31)27(22)17-10-8-16(9-11-17)26(2)3/h5-14,22,28,30H,4H2,1-3H3. The Balaban J connectivity index is 1.87. The third-order valence-electron chi connectivity index (χ3n) is 5.44. The third-order valence-corrected chi connectivity index (χ3v) is 6.31. The number of aliphatic hydroxyl groups excluding tert-OH is 1. The van der Waals surface area contributed by atoms with Crippen molar-refractivity contribution in [1.29, 1.82) is 0 Å². The van der Waals surface area contributed by atoms with Gasteiger partial charge in [0.1, 0.15) is 0 Å². The molecule has 1 atom stereocenters. The molecule has 1 aliphatic heterocycles. The van der Waals surface area contributed by atoms with E-state index in [1.165, 1.54) is 22.3 Å². The maximum atomic E-state index is 13.4. The van der Waals surface area contributed by atoms with E-state index in [-0.39, 0.29) is 17.1 Å². The van der Waals surface area contributed by atoms with Crippen molar-refractivity contribution in [2.75, 3.05) is 30.5 Å². The van der Waals surface area contributed by atoms with Crippen LogP contribution in [0.4, 0.5) is 11.4 Å². The van der Waals surface area contributed by atoms with E-state index >= 15 is 0 Å². The number of Topliss-reactive ketones (excluding diaryl/α,β-unsaturated/α-hetero) is 1. The molecule has 1 unspecified atom stereocenters. The van der Waals surface area contributed by atoms with Gasteiger partial charge in [-0.15, -0.1) is 11.3 Å². The molecule has 33 heavy (non-hydrogen) atoms. The average Bonchev–Trinajstić information content (AvgIpc) is 3.43. The van der Waals surface area contributed by atoms with Crippen molar-refractivity contribution >= 4 is 34.4 Å². The first-order valence-electron chi connectivity index (χ1n) is 10.4. The molecule has 7 nitrogen and oxygen atoms in total. The van der Waals surface area contributed by atoms with E-state index in [0.717, 1.165) is 5.69 Å². The second-order valence-corrected chi connectivity index (χ2v) is 8.67. The van der Waals surface area contributed by atoms with E-state index in [1.54, 1.807) is 48.7 Å². The number of thiophene rings is 1. The Bertz CT molecular complexity index is 1220. The minimum Gasteiger partial charge on any atom is -0.504 e. The van der Waals surface area contributed by atoms with E-state index in [9.17, 15) is 19.8 Å². The first-order valence-corrected chi connectivity index (χ1v) is 11.3. The summed E-state index contributed by atoms with van der Waals surface area (Å²) in [6.07, 6.45) is 0. The van der Waals surface area contributed by atoms with Crippen LogP contribution >= 0.6 is 11.3 Å². The van der Waals surface area contributed by atoms with Gasteiger partial charge >= 0.3 is 0 Å². The van der Waals surface area contributed by atoms with Gasteiger partial charge in [-0.1, -0.05) is 12.1 Å². The van der Waals surface area contributed by atoms with Crippen LogP contribution in [0.3, 0.4) is 0 Å². The number of benzene rings is 2. The number of aliphatic hydroxyl groups is 1. The molecule has 0 bridgehead atoms. The number of hydrogen-bond donors (Lipinski definition) is 2. The molecule has 0 aliphatic carbocycles. The van der Waals surface area contributed by atoms with Crippen molar-refractivity contribution < 1.29 is 24.5 Å². The first-order chi connectivity index (χ1) is 15.8. The molecule has 4 rings (SSSR count). The van der Waals surface area contributed by atoms with Gasteiger partial charge < -0.3 is 19.8 Å². The monoisotopic (exact) mass is 464 g/mol. The van der Waals surface area contributed by atoms with Crippen molar-refractivity contribution in [3.63, 3.8) is 0 Å².